The molecule has 0 aromatic carbocycles. The van der Waals surface area contributed by atoms with Gasteiger partial charge in [-0.25, -0.2) is 4.98 Å². The molecule has 1 aromatic rings. The average molecular weight is 255 g/mol. The SMILES string of the molecule is Cc1c(S(=O)(=O)O)nc(Br)n1C. The summed E-state index contributed by atoms with van der Waals surface area (Å²) >= 11 is 3.04. The summed E-state index contributed by atoms with van der Waals surface area (Å²) in [6.07, 6.45) is 0. The summed E-state index contributed by atoms with van der Waals surface area (Å²) in [7, 11) is -2.56. The van der Waals surface area contributed by atoms with Crippen LogP contribution in [0.1, 0.15) is 5.69 Å². The van der Waals surface area contributed by atoms with Crippen molar-refractivity contribution in [2.24, 2.45) is 7.05 Å². The smallest absolute Gasteiger partial charge is 0.314 e. The van der Waals surface area contributed by atoms with Crippen LogP contribution in [-0.2, 0) is 17.2 Å². The van der Waals surface area contributed by atoms with E-state index in [1.807, 2.05) is 0 Å². The van der Waals surface area contributed by atoms with Crippen LogP contribution in [0.15, 0.2) is 9.76 Å². The Morgan fingerprint density at radius 1 is 1.58 bits per heavy atom. The van der Waals surface area contributed by atoms with E-state index in [9.17, 15) is 8.42 Å². The molecule has 0 amide bonds. The fraction of sp³-hybridized carbons (Fsp3) is 0.400. The summed E-state index contributed by atoms with van der Waals surface area (Å²) in [4.78, 5) is 3.62. The first-order valence-electron chi connectivity index (χ1n) is 3.00. The molecule has 68 valence electrons. The number of hydrogen-bond donors (Lipinski definition) is 1. The first-order valence-corrected chi connectivity index (χ1v) is 5.23. The quantitative estimate of drug-likeness (QED) is 0.751. The third-order valence-corrected chi connectivity index (χ3v) is 3.11. The van der Waals surface area contributed by atoms with Gasteiger partial charge in [0.1, 0.15) is 0 Å². The van der Waals surface area contributed by atoms with E-state index in [2.05, 4.69) is 20.9 Å². The molecule has 0 bridgehead atoms. The van der Waals surface area contributed by atoms with E-state index in [1.54, 1.807) is 14.0 Å². The van der Waals surface area contributed by atoms with Gasteiger partial charge in [-0.1, -0.05) is 0 Å². The van der Waals surface area contributed by atoms with E-state index in [-0.39, 0.29) is 5.03 Å². The maximum Gasteiger partial charge on any atom is 0.314 e. The standard InChI is InChI=1S/C5H7BrN2O3S/c1-3-4(12(9,10)11)7-5(6)8(3)2/h1-2H3,(H,9,10,11). The van der Waals surface area contributed by atoms with Crippen molar-refractivity contribution < 1.29 is 13.0 Å². The second kappa shape index (κ2) is 2.82. The van der Waals surface area contributed by atoms with Gasteiger partial charge in [-0.2, -0.15) is 8.42 Å². The maximum absolute atomic E-state index is 10.7. The fourth-order valence-electron chi connectivity index (χ4n) is 0.766. The highest BCUT2D eigenvalue weighted by Gasteiger charge is 2.19. The molecular formula is C5H7BrN2O3S. The van der Waals surface area contributed by atoms with Crippen molar-refractivity contribution in [2.75, 3.05) is 0 Å². The normalized spacial score (nSPS) is 12.0. The molecule has 5 nitrogen and oxygen atoms in total. The topological polar surface area (TPSA) is 72.2 Å². The molecule has 1 heterocycles. The Hall–Kier alpha value is -0.400. The molecule has 0 saturated carbocycles. The van der Waals surface area contributed by atoms with Crippen LogP contribution < -0.4 is 0 Å². The molecule has 0 atom stereocenters. The molecule has 12 heavy (non-hydrogen) atoms. The number of hydrogen-bond acceptors (Lipinski definition) is 3. The van der Waals surface area contributed by atoms with E-state index < -0.39 is 10.1 Å². The number of rotatable bonds is 1. The first kappa shape index (κ1) is 9.69. The maximum atomic E-state index is 10.7. The highest BCUT2D eigenvalue weighted by molar-refractivity contribution is 9.10. The van der Waals surface area contributed by atoms with Crippen LogP contribution in [0.2, 0.25) is 0 Å². The predicted molar refractivity (Wildman–Crippen MR) is 45.5 cm³/mol. The number of halogens is 1. The van der Waals surface area contributed by atoms with Crippen LogP contribution in [0, 0.1) is 6.92 Å². The molecule has 7 heteroatoms. The lowest BCUT2D eigenvalue weighted by atomic mass is 10.5. The van der Waals surface area contributed by atoms with Gasteiger partial charge in [-0.05, 0) is 22.9 Å². The summed E-state index contributed by atoms with van der Waals surface area (Å²) in [5.74, 6) is 0. The Morgan fingerprint density at radius 3 is 2.25 bits per heavy atom. The zero-order chi connectivity index (χ0) is 9.52. The van der Waals surface area contributed by atoms with E-state index in [1.165, 1.54) is 4.57 Å². The van der Waals surface area contributed by atoms with Gasteiger partial charge in [-0.3, -0.25) is 4.55 Å². The zero-order valence-corrected chi connectivity index (χ0v) is 8.85. The Labute approximate surface area is 78.3 Å². The lowest BCUT2D eigenvalue weighted by Gasteiger charge is -1.95. The zero-order valence-electron chi connectivity index (χ0n) is 6.44. The van der Waals surface area contributed by atoms with Gasteiger partial charge < -0.3 is 4.57 Å². The van der Waals surface area contributed by atoms with Gasteiger partial charge >= 0.3 is 10.1 Å². The largest absolute Gasteiger partial charge is 0.325 e. The molecule has 1 N–H and O–H groups in total. The van der Waals surface area contributed by atoms with E-state index in [0.717, 1.165) is 0 Å². The number of nitrogens with zero attached hydrogens (tertiary/aromatic N) is 2. The fourth-order valence-corrected chi connectivity index (χ4v) is 2.04. The number of aromatic nitrogens is 2. The lowest BCUT2D eigenvalue weighted by Crippen LogP contribution is -2.01. The average Bonchev–Trinajstić information content (AvgIpc) is 2.15. The summed E-state index contributed by atoms with van der Waals surface area (Å²) in [5, 5.41) is -0.308. The van der Waals surface area contributed by atoms with Gasteiger partial charge in [0.15, 0.2) is 4.73 Å². The van der Waals surface area contributed by atoms with Crippen molar-refractivity contribution >= 4 is 26.0 Å². The van der Waals surface area contributed by atoms with Gasteiger partial charge in [0.05, 0.1) is 5.69 Å². The van der Waals surface area contributed by atoms with E-state index in [4.69, 9.17) is 4.55 Å². The second-order valence-corrected chi connectivity index (χ2v) is 4.35. The summed E-state index contributed by atoms with van der Waals surface area (Å²) < 4.78 is 31.9. The van der Waals surface area contributed by atoms with Crippen molar-refractivity contribution in [3.05, 3.63) is 10.4 Å². The van der Waals surface area contributed by atoms with Gasteiger partial charge in [0.25, 0.3) is 0 Å². The molecule has 0 radical (unpaired) electrons. The molecule has 0 aliphatic heterocycles. The van der Waals surface area contributed by atoms with E-state index in [0.29, 0.717) is 10.4 Å². The minimum Gasteiger partial charge on any atom is -0.325 e. The summed E-state index contributed by atoms with van der Waals surface area (Å²) in [5.41, 5.74) is 0.393. The van der Waals surface area contributed by atoms with Gasteiger partial charge in [-0.15, -0.1) is 0 Å². The van der Waals surface area contributed by atoms with Crippen LogP contribution in [0.3, 0.4) is 0 Å². The molecule has 0 unspecified atom stereocenters. The molecule has 1 aromatic heterocycles. The van der Waals surface area contributed by atoms with Crippen LogP contribution >= 0.6 is 15.9 Å². The monoisotopic (exact) mass is 254 g/mol. The molecule has 1 rings (SSSR count). The van der Waals surface area contributed by atoms with Crippen LogP contribution in [0.5, 0.6) is 0 Å². The second-order valence-electron chi connectivity index (χ2n) is 2.31. The lowest BCUT2D eigenvalue weighted by molar-refractivity contribution is 0.479. The minimum atomic E-state index is -4.20. The Balaban J connectivity index is 3.48. The molecule has 0 aliphatic carbocycles. The van der Waals surface area contributed by atoms with Crippen LogP contribution in [0.25, 0.3) is 0 Å². The van der Waals surface area contributed by atoms with Crippen molar-refractivity contribution in [3.63, 3.8) is 0 Å². The van der Waals surface area contributed by atoms with Crippen molar-refractivity contribution in [1.29, 1.82) is 0 Å². The molecule has 0 saturated heterocycles. The van der Waals surface area contributed by atoms with E-state index >= 15 is 0 Å². The van der Waals surface area contributed by atoms with Gasteiger partial charge in [0, 0.05) is 7.05 Å². The molecular weight excluding hydrogens is 248 g/mol. The minimum absolute atomic E-state index is 0.308. The molecule has 0 spiro atoms. The number of imidazole rings is 1. The Kier molecular flexibility index (Phi) is 2.28. The van der Waals surface area contributed by atoms with Crippen molar-refractivity contribution in [1.82, 2.24) is 9.55 Å². The highest BCUT2D eigenvalue weighted by Crippen LogP contribution is 2.17. The summed E-state index contributed by atoms with van der Waals surface area (Å²) in [6.45, 7) is 1.56. The van der Waals surface area contributed by atoms with Crippen molar-refractivity contribution in [3.8, 4) is 0 Å². The third kappa shape index (κ3) is 1.52. The molecule has 0 fully saturated rings. The van der Waals surface area contributed by atoms with Crippen LogP contribution in [-0.4, -0.2) is 22.5 Å². The first-order chi connectivity index (χ1) is 5.34. The highest BCUT2D eigenvalue weighted by atomic mass is 79.9. The van der Waals surface area contributed by atoms with Crippen molar-refractivity contribution in [2.45, 2.75) is 11.9 Å². The Bertz CT molecular complexity index is 409. The molecule has 0 aliphatic rings. The van der Waals surface area contributed by atoms with Gasteiger partial charge in [0.2, 0.25) is 5.03 Å². The predicted octanol–water partition coefficient (Wildman–Crippen LogP) is 0.738. The third-order valence-electron chi connectivity index (χ3n) is 1.53. The Morgan fingerprint density at radius 2 is 2.08 bits per heavy atom. The summed E-state index contributed by atoms with van der Waals surface area (Å²) in [6, 6.07) is 0. The van der Waals surface area contributed by atoms with Crippen LogP contribution in [0.4, 0.5) is 0 Å².